The predicted octanol–water partition coefficient (Wildman–Crippen LogP) is 6.70. The van der Waals surface area contributed by atoms with Crippen LogP contribution in [0.4, 0.5) is 0 Å². The molecule has 1 atom stereocenters. The molecule has 42 heavy (non-hydrogen) atoms. The Hall–Kier alpha value is -4.59. The number of benzene rings is 4. The largest absolute Gasteiger partial charge is 0.493 e. The fourth-order valence-corrected chi connectivity index (χ4v) is 4.49. The highest BCUT2D eigenvalue weighted by Crippen LogP contribution is 2.32. The number of rotatable bonds is 13. The summed E-state index contributed by atoms with van der Waals surface area (Å²) in [6, 6.07) is 32.1. The minimum absolute atomic E-state index is 0.167. The molecule has 0 bridgehead atoms. The molecule has 7 heteroatoms. The molecule has 0 aliphatic rings. The molecular weight excluding hydrogens is 530 g/mol. The highest BCUT2D eigenvalue weighted by Gasteiger charge is 2.13. The molecule has 0 saturated heterocycles. The van der Waals surface area contributed by atoms with Crippen LogP contribution in [0.3, 0.4) is 0 Å². The zero-order valence-electron chi connectivity index (χ0n) is 23.8. The number of nitrogens with one attached hydrogen (secondary N) is 1. The van der Waals surface area contributed by atoms with E-state index in [1.165, 1.54) is 6.07 Å². The van der Waals surface area contributed by atoms with Crippen molar-refractivity contribution in [1.29, 1.82) is 0 Å². The summed E-state index contributed by atoms with van der Waals surface area (Å²) in [6.07, 6.45) is -0.244. The van der Waals surface area contributed by atoms with Crippen LogP contribution in [0.15, 0.2) is 112 Å². The van der Waals surface area contributed by atoms with E-state index in [9.17, 15) is 9.90 Å². The Morgan fingerprint density at radius 1 is 0.738 bits per heavy atom. The molecular formula is C35H35NO6. The van der Waals surface area contributed by atoms with Crippen LogP contribution in [-0.2, 0) is 13.2 Å². The second-order valence-corrected chi connectivity index (χ2v) is 10.3. The summed E-state index contributed by atoms with van der Waals surface area (Å²) in [7, 11) is 0. The number of aliphatic hydroxyl groups excluding tert-OH is 1. The first-order chi connectivity index (χ1) is 20.4. The van der Waals surface area contributed by atoms with Gasteiger partial charge in [0.25, 0.3) is 0 Å². The maximum Gasteiger partial charge on any atom is 0.193 e. The Morgan fingerprint density at radius 3 is 1.95 bits per heavy atom. The molecule has 5 aromatic rings. The van der Waals surface area contributed by atoms with E-state index in [1.807, 2.05) is 92.7 Å². The van der Waals surface area contributed by atoms with E-state index in [1.54, 1.807) is 18.2 Å². The molecule has 4 aromatic carbocycles. The molecule has 0 saturated carbocycles. The third-order valence-corrected chi connectivity index (χ3v) is 6.55. The number of hydrogen-bond acceptors (Lipinski definition) is 7. The summed E-state index contributed by atoms with van der Waals surface area (Å²) in [5, 5.41) is 13.5. The number of ether oxygens (including phenoxy) is 3. The van der Waals surface area contributed by atoms with Crippen molar-refractivity contribution in [3.63, 3.8) is 0 Å². The summed E-state index contributed by atoms with van der Waals surface area (Å²) >= 11 is 0. The highest BCUT2D eigenvalue weighted by atomic mass is 16.5. The summed E-state index contributed by atoms with van der Waals surface area (Å²) in [6.45, 7) is 5.00. The quantitative estimate of drug-likeness (QED) is 0.154. The van der Waals surface area contributed by atoms with E-state index in [2.05, 4.69) is 5.32 Å². The monoisotopic (exact) mass is 565 g/mol. The van der Waals surface area contributed by atoms with E-state index < -0.39 is 6.23 Å². The van der Waals surface area contributed by atoms with Crippen LogP contribution in [-0.4, -0.2) is 24.0 Å². The van der Waals surface area contributed by atoms with E-state index in [4.69, 9.17) is 18.6 Å². The molecule has 0 aliphatic carbocycles. The van der Waals surface area contributed by atoms with Gasteiger partial charge in [-0.2, -0.15) is 0 Å². The molecule has 2 N–H and O–H groups in total. The lowest BCUT2D eigenvalue weighted by atomic mass is 10.1. The van der Waals surface area contributed by atoms with Crippen LogP contribution < -0.4 is 25.0 Å². The number of fused-ring (bicyclic) bond motifs is 1. The fraction of sp³-hybridized carbons (Fsp3) is 0.229. The minimum Gasteiger partial charge on any atom is -0.493 e. The van der Waals surface area contributed by atoms with Gasteiger partial charge in [0, 0.05) is 36.2 Å². The van der Waals surface area contributed by atoms with Crippen molar-refractivity contribution >= 4 is 11.0 Å². The Balaban J connectivity index is 1.41. The molecule has 216 valence electrons. The van der Waals surface area contributed by atoms with Crippen LogP contribution in [0.5, 0.6) is 17.2 Å². The molecule has 0 aliphatic heterocycles. The van der Waals surface area contributed by atoms with Gasteiger partial charge in [0.05, 0.1) is 12.0 Å². The molecule has 0 spiro atoms. The number of aliphatic hydroxyl groups is 1. The SMILES string of the molecule is CC(C)NC(O)CCOc1ccc2c(=O)cc(-c3cc(OCc4ccccc4)cc(OCc4ccccc4)c3)oc2c1. The van der Waals surface area contributed by atoms with Gasteiger partial charge in [-0.1, -0.05) is 60.7 Å². The first-order valence-electron chi connectivity index (χ1n) is 14.1. The second-order valence-electron chi connectivity index (χ2n) is 10.3. The van der Waals surface area contributed by atoms with Crippen molar-refractivity contribution in [3.05, 3.63) is 124 Å². The third-order valence-electron chi connectivity index (χ3n) is 6.55. The first-order valence-corrected chi connectivity index (χ1v) is 14.1. The van der Waals surface area contributed by atoms with Crippen molar-refractivity contribution in [1.82, 2.24) is 5.32 Å². The summed E-state index contributed by atoms with van der Waals surface area (Å²) in [5.74, 6) is 2.11. The maximum absolute atomic E-state index is 13.1. The summed E-state index contributed by atoms with van der Waals surface area (Å²) in [5.41, 5.74) is 2.95. The molecule has 1 unspecified atom stereocenters. The van der Waals surface area contributed by atoms with Crippen LogP contribution >= 0.6 is 0 Å². The summed E-state index contributed by atoms with van der Waals surface area (Å²) < 4.78 is 24.3. The zero-order valence-corrected chi connectivity index (χ0v) is 23.8. The van der Waals surface area contributed by atoms with E-state index in [0.717, 1.165) is 11.1 Å². The lowest BCUT2D eigenvalue weighted by Crippen LogP contribution is -2.35. The minimum atomic E-state index is -0.662. The molecule has 0 radical (unpaired) electrons. The van der Waals surface area contributed by atoms with Gasteiger partial charge >= 0.3 is 0 Å². The van der Waals surface area contributed by atoms with Gasteiger partial charge in [-0.25, -0.2) is 0 Å². The molecule has 0 amide bonds. The Bertz CT molecular complexity index is 1590. The average Bonchev–Trinajstić information content (AvgIpc) is 2.99. The topological polar surface area (TPSA) is 90.2 Å². The van der Waals surface area contributed by atoms with Gasteiger partial charge in [-0.05, 0) is 49.2 Å². The Labute approximate surface area is 245 Å². The van der Waals surface area contributed by atoms with E-state index in [-0.39, 0.29) is 11.5 Å². The van der Waals surface area contributed by atoms with Gasteiger partial charge in [-0.15, -0.1) is 0 Å². The molecule has 0 fully saturated rings. The van der Waals surface area contributed by atoms with E-state index in [0.29, 0.717) is 65.8 Å². The lowest BCUT2D eigenvalue weighted by molar-refractivity contribution is 0.0996. The van der Waals surface area contributed by atoms with Crippen molar-refractivity contribution in [2.75, 3.05) is 6.61 Å². The van der Waals surface area contributed by atoms with Gasteiger partial charge < -0.3 is 23.7 Å². The lowest BCUT2D eigenvalue weighted by Gasteiger charge is -2.16. The standard InChI is InChI=1S/C35H35NO6/c1-24(2)36-35(38)15-16-39-28-13-14-31-32(37)21-33(42-34(31)20-28)27-17-29(40-22-25-9-5-3-6-10-25)19-30(18-27)41-23-26-11-7-4-8-12-26/h3-14,17-21,24,35-36,38H,15-16,22-23H2,1-2H3. The predicted molar refractivity (Wildman–Crippen MR) is 164 cm³/mol. The third kappa shape index (κ3) is 8.00. The van der Waals surface area contributed by atoms with Gasteiger partial charge in [0.1, 0.15) is 48.0 Å². The average molecular weight is 566 g/mol. The maximum atomic E-state index is 13.1. The van der Waals surface area contributed by atoms with Crippen LogP contribution in [0, 0.1) is 0 Å². The van der Waals surface area contributed by atoms with Crippen LogP contribution in [0.1, 0.15) is 31.4 Å². The highest BCUT2D eigenvalue weighted by molar-refractivity contribution is 5.80. The van der Waals surface area contributed by atoms with Crippen LogP contribution in [0.2, 0.25) is 0 Å². The van der Waals surface area contributed by atoms with Crippen LogP contribution in [0.25, 0.3) is 22.3 Å². The van der Waals surface area contributed by atoms with Crippen molar-refractivity contribution in [2.45, 2.75) is 45.8 Å². The molecule has 7 nitrogen and oxygen atoms in total. The molecule has 5 rings (SSSR count). The van der Waals surface area contributed by atoms with Gasteiger partial charge in [-0.3, -0.25) is 10.1 Å². The van der Waals surface area contributed by atoms with Crippen molar-refractivity contribution in [2.24, 2.45) is 0 Å². The second kappa shape index (κ2) is 13.9. The fourth-order valence-electron chi connectivity index (χ4n) is 4.49. The number of hydrogen-bond donors (Lipinski definition) is 2. The smallest absolute Gasteiger partial charge is 0.193 e. The first kappa shape index (κ1) is 28.9. The van der Waals surface area contributed by atoms with Gasteiger partial charge in [0.2, 0.25) is 0 Å². The van der Waals surface area contributed by atoms with Crippen molar-refractivity contribution in [3.8, 4) is 28.6 Å². The molecule has 1 aromatic heterocycles. The Morgan fingerprint density at radius 2 is 1.36 bits per heavy atom. The zero-order chi connectivity index (χ0) is 29.3. The Kier molecular flexibility index (Phi) is 9.54. The van der Waals surface area contributed by atoms with Crippen molar-refractivity contribution < 1.29 is 23.7 Å². The molecule has 1 heterocycles. The van der Waals surface area contributed by atoms with Gasteiger partial charge in [0.15, 0.2) is 5.43 Å². The van der Waals surface area contributed by atoms with E-state index >= 15 is 0 Å². The summed E-state index contributed by atoms with van der Waals surface area (Å²) in [4.78, 5) is 13.1. The normalized spacial score (nSPS) is 11.9.